The summed E-state index contributed by atoms with van der Waals surface area (Å²) in [5, 5.41) is 4.84. The van der Waals surface area contributed by atoms with Crippen LogP contribution in [0.5, 0.6) is 0 Å². The van der Waals surface area contributed by atoms with Crippen LogP contribution < -0.4 is 5.32 Å². The van der Waals surface area contributed by atoms with Crippen molar-refractivity contribution in [1.29, 1.82) is 0 Å². The van der Waals surface area contributed by atoms with E-state index in [1.807, 2.05) is 17.5 Å². The molecular weight excluding hydrogens is 228 g/mol. The number of aromatic nitrogens is 1. The summed E-state index contributed by atoms with van der Waals surface area (Å²) in [6.07, 6.45) is 4.44. The van der Waals surface area contributed by atoms with Gasteiger partial charge in [0.1, 0.15) is 0 Å². The van der Waals surface area contributed by atoms with Crippen LogP contribution in [0.15, 0.2) is 6.20 Å². The Balaban J connectivity index is 2.56. The van der Waals surface area contributed by atoms with Crippen LogP contribution in [0, 0.1) is 0 Å². The van der Waals surface area contributed by atoms with E-state index in [4.69, 9.17) is 0 Å². The summed E-state index contributed by atoms with van der Waals surface area (Å²) in [6.45, 7) is 14.3. The van der Waals surface area contributed by atoms with Crippen LogP contribution in [0.25, 0.3) is 0 Å². The fraction of sp³-hybridized carbons (Fsp3) is 0.786. The van der Waals surface area contributed by atoms with Gasteiger partial charge in [0, 0.05) is 28.6 Å². The Bertz CT molecular complexity index is 347. The first-order valence-electron chi connectivity index (χ1n) is 6.45. The second-order valence-electron chi connectivity index (χ2n) is 6.37. The predicted octanol–water partition coefficient (Wildman–Crippen LogP) is 4.11. The van der Waals surface area contributed by atoms with Gasteiger partial charge in [0.15, 0.2) is 0 Å². The van der Waals surface area contributed by atoms with Gasteiger partial charge in [0.05, 0.1) is 5.01 Å². The van der Waals surface area contributed by atoms with Crippen LogP contribution in [0.4, 0.5) is 0 Å². The maximum atomic E-state index is 4.51. The second-order valence-corrected chi connectivity index (χ2v) is 7.48. The van der Waals surface area contributed by atoms with Gasteiger partial charge in [-0.25, -0.2) is 4.98 Å². The van der Waals surface area contributed by atoms with Gasteiger partial charge in [-0.15, -0.1) is 11.3 Å². The quantitative estimate of drug-likeness (QED) is 0.855. The molecule has 0 aliphatic heterocycles. The molecule has 0 aromatic carbocycles. The summed E-state index contributed by atoms with van der Waals surface area (Å²) >= 11 is 1.82. The number of nitrogens with zero attached hydrogens (tertiary/aromatic N) is 1. The first-order chi connectivity index (χ1) is 7.74. The van der Waals surface area contributed by atoms with E-state index in [9.17, 15) is 0 Å². The van der Waals surface area contributed by atoms with Crippen molar-refractivity contribution in [3.8, 4) is 0 Å². The maximum absolute atomic E-state index is 4.51. The highest BCUT2D eigenvalue weighted by Crippen LogP contribution is 2.27. The zero-order valence-electron chi connectivity index (χ0n) is 12.1. The lowest BCUT2D eigenvalue weighted by molar-refractivity contribution is 0.358. The second kappa shape index (κ2) is 5.49. The normalized spacial score (nSPS) is 13.1. The highest BCUT2D eigenvalue weighted by molar-refractivity contribution is 7.11. The zero-order valence-corrected chi connectivity index (χ0v) is 12.9. The molecule has 1 N–H and O–H groups in total. The Kier molecular flexibility index (Phi) is 4.73. The minimum absolute atomic E-state index is 0.169. The Morgan fingerprint density at radius 2 is 1.88 bits per heavy atom. The Morgan fingerprint density at radius 3 is 2.35 bits per heavy atom. The van der Waals surface area contributed by atoms with Crippen LogP contribution in [-0.4, -0.2) is 10.5 Å². The standard InChI is InChI=1S/C14H26N2S/c1-7-8-14(5,6)16-10-11-9-15-12(17-11)13(2,3)4/h9,16H,7-8,10H2,1-6H3. The number of rotatable bonds is 5. The molecule has 1 aromatic heterocycles. The number of hydrogen-bond acceptors (Lipinski definition) is 3. The van der Waals surface area contributed by atoms with Crippen molar-refractivity contribution in [3.05, 3.63) is 16.1 Å². The van der Waals surface area contributed by atoms with Crippen molar-refractivity contribution >= 4 is 11.3 Å². The van der Waals surface area contributed by atoms with E-state index >= 15 is 0 Å². The minimum atomic E-state index is 0.169. The molecule has 98 valence electrons. The maximum Gasteiger partial charge on any atom is 0.0981 e. The van der Waals surface area contributed by atoms with Crippen LogP contribution in [0.1, 0.15) is 64.3 Å². The van der Waals surface area contributed by atoms with E-state index < -0.39 is 0 Å². The fourth-order valence-corrected chi connectivity index (χ4v) is 2.69. The van der Waals surface area contributed by atoms with Crippen LogP contribution >= 0.6 is 11.3 Å². The van der Waals surface area contributed by atoms with Crippen LogP contribution in [0.2, 0.25) is 0 Å². The third-order valence-electron chi connectivity index (χ3n) is 2.81. The molecule has 0 amide bonds. The lowest BCUT2D eigenvalue weighted by Gasteiger charge is -2.25. The molecule has 0 saturated carbocycles. The van der Waals surface area contributed by atoms with Crippen molar-refractivity contribution in [1.82, 2.24) is 10.3 Å². The fourth-order valence-electron chi connectivity index (χ4n) is 1.78. The average molecular weight is 254 g/mol. The summed E-state index contributed by atoms with van der Waals surface area (Å²) < 4.78 is 0. The first kappa shape index (κ1) is 14.7. The highest BCUT2D eigenvalue weighted by Gasteiger charge is 2.19. The predicted molar refractivity (Wildman–Crippen MR) is 76.6 cm³/mol. The Morgan fingerprint density at radius 1 is 1.24 bits per heavy atom. The van der Waals surface area contributed by atoms with Crippen LogP contribution in [-0.2, 0) is 12.0 Å². The molecule has 0 atom stereocenters. The summed E-state index contributed by atoms with van der Waals surface area (Å²) in [5.41, 5.74) is 0.391. The summed E-state index contributed by atoms with van der Waals surface area (Å²) in [5.74, 6) is 0. The van der Waals surface area contributed by atoms with Gasteiger partial charge in [0.2, 0.25) is 0 Å². The molecule has 1 rings (SSSR count). The molecule has 1 aromatic rings. The van der Waals surface area contributed by atoms with E-state index in [2.05, 4.69) is 51.8 Å². The Hall–Kier alpha value is -0.410. The van der Waals surface area contributed by atoms with Gasteiger partial charge in [-0.1, -0.05) is 34.1 Å². The third kappa shape index (κ3) is 4.76. The molecule has 17 heavy (non-hydrogen) atoms. The molecule has 0 bridgehead atoms. The summed E-state index contributed by atoms with van der Waals surface area (Å²) in [4.78, 5) is 5.85. The molecule has 0 fully saturated rings. The van der Waals surface area contributed by atoms with E-state index in [-0.39, 0.29) is 11.0 Å². The van der Waals surface area contributed by atoms with Crippen molar-refractivity contribution < 1.29 is 0 Å². The molecule has 0 aliphatic rings. The molecule has 3 heteroatoms. The van der Waals surface area contributed by atoms with Crippen LogP contribution in [0.3, 0.4) is 0 Å². The molecule has 0 radical (unpaired) electrons. The monoisotopic (exact) mass is 254 g/mol. The summed E-state index contributed by atoms with van der Waals surface area (Å²) in [7, 11) is 0. The molecule has 0 spiro atoms. The van der Waals surface area contributed by atoms with Gasteiger partial charge in [0.25, 0.3) is 0 Å². The van der Waals surface area contributed by atoms with Crippen molar-refractivity contribution in [2.45, 2.75) is 71.9 Å². The van der Waals surface area contributed by atoms with Crippen molar-refractivity contribution in [2.24, 2.45) is 0 Å². The smallest absolute Gasteiger partial charge is 0.0981 e. The van der Waals surface area contributed by atoms with Gasteiger partial charge in [-0.2, -0.15) is 0 Å². The Labute approximate surface area is 110 Å². The largest absolute Gasteiger partial charge is 0.307 e. The van der Waals surface area contributed by atoms with Gasteiger partial charge < -0.3 is 5.32 Å². The highest BCUT2D eigenvalue weighted by atomic mass is 32.1. The SMILES string of the molecule is CCCC(C)(C)NCc1cnc(C(C)(C)C)s1. The molecule has 0 unspecified atom stereocenters. The lowest BCUT2D eigenvalue weighted by atomic mass is 9.98. The molecule has 1 heterocycles. The van der Waals surface area contributed by atoms with E-state index in [0.29, 0.717) is 0 Å². The minimum Gasteiger partial charge on any atom is -0.307 e. The van der Waals surface area contributed by atoms with Gasteiger partial charge in [-0.05, 0) is 20.3 Å². The first-order valence-corrected chi connectivity index (χ1v) is 7.26. The van der Waals surface area contributed by atoms with Gasteiger partial charge in [-0.3, -0.25) is 0 Å². The summed E-state index contributed by atoms with van der Waals surface area (Å²) in [6, 6.07) is 0. The molecular formula is C14H26N2S. The topological polar surface area (TPSA) is 24.9 Å². The molecule has 0 aliphatic carbocycles. The molecule has 0 saturated heterocycles. The number of nitrogens with one attached hydrogen (secondary N) is 1. The van der Waals surface area contributed by atoms with E-state index in [0.717, 1.165) is 6.54 Å². The number of hydrogen-bond donors (Lipinski definition) is 1. The van der Waals surface area contributed by atoms with Gasteiger partial charge >= 0.3 is 0 Å². The zero-order chi connectivity index (χ0) is 13.1. The van der Waals surface area contributed by atoms with Crippen molar-refractivity contribution in [3.63, 3.8) is 0 Å². The van der Waals surface area contributed by atoms with Crippen molar-refractivity contribution in [2.75, 3.05) is 0 Å². The van der Waals surface area contributed by atoms with E-state index in [1.54, 1.807) is 0 Å². The average Bonchev–Trinajstić information content (AvgIpc) is 2.62. The van der Waals surface area contributed by atoms with E-state index in [1.165, 1.54) is 22.7 Å². The third-order valence-corrected chi connectivity index (χ3v) is 4.23. The number of thiazole rings is 1. The lowest BCUT2D eigenvalue weighted by Crippen LogP contribution is -2.38. The molecule has 2 nitrogen and oxygen atoms in total.